The van der Waals surface area contributed by atoms with Crippen molar-refractivity contribution in [1.82, 2.24) is 0 Å². The average Bonchev–Trinajstić information content (AvgIpc) is 2.40. The van der Waals surface area contributed by atoms with Crippen LogP contribution in [-0.2, 0) is 0 Å². The van der Waals surface area contributed by atoms with Gasteiger partial charge in [0.1, 0.15) is 5.56 Å². The lowest BCUT2D eigenvalue weighted by Crippen LogP contribution is -2.29. The van der Waals surface area contributed by atoms with Crippen LogP contribution in [0.4, 0.5) is 5.69 Å². The Balaban J connectivity index is 2.26. The molecule has 1 aliphatic rings. The molecule has 6 nitrogen and oxygen atoms in total. The number of nitro benzene ring substituents is 1. The summed E-state index contributed by atoms with van der Waals surface area (Å²) in [6, 6.07) is 3.96. The Morgan fingerprint density at radius 1 is 1.38 bits per heavy atom. The first-order valence-corrected chi connectivity index (χ1v) is 6.97. The average molecular weight is 293 g/mol. The molecular weight excluding hydrogens is 274 g/mol. The number of carbonyl (C=O) groups is 1. The largest absolute Gasteiger partial charge is 0.483 e. The maximum absolute atomic E-state index is 11.2. The predicted molar refractivity (Wildman–Crippen MR) is 76.7 cm³/mol. The van der Waals surface area contributed by atoms with Crippen molar-refractivity contribution in [3.63, 3.8) is 0 Å². The molecule has 0 spiro atoms. The van der Waals surface area contributed by atoms with Crippen molar-refractivity contribution in [2.24, 2.45) is 5.41 Å². The second kappa shape index (κ2) is 5.71. The Hall–Kier alpha value is -2.11. The Morgan fingerprint density at radius 3 is 2.52 bits per heavy atom. The van der Waals surface area contributed by atoms with E-state index in [4.69, 9.17) is 4.74 Å². The Morgan fingerprint density at radius 2 is 2.00 bits per heavy atom. The highest BCUT2D eigenvalue weighted by molar-refractivity contribution is 5.92. The minimum absolute atomic E-state index is 0.125. The van der Waals surface area contributed by atoms with E-state index < -0.39 is 10.9 Å². The van der Waals surface area contributed by atoms with Crippen LogP contribution in [0.1, 0.15) is 49.9 Å². The van der Waals surface area contributed by atoms with Gasteiger partial charge in [-0.25, -0.2) is 4.79 Å². The second-order valence-corrected chi connectivity index (χ2v) is 6.20. The molecule has 1 saturated carbocycles. The van der Waals surface area contributed by atoms with Crippen LogP contribution in [0.15, 0.2) is 18.2 Å². The normalized spacial score (nSPS) is 18.2. The van der Waals surface area contributed by atoms with Crippen LogP contribution in [-0.4, -0.2) is 22.1 Å². The number of aromatic carboxylic acids is 1. The van der Waals surface area contributed by atoms with Crippen LogP contribution in [0.5, 0.6) is 5.75 Å². The third-order valence-corrected chi connectivity index (χ3v) is 3.99. The van der Waals surface area contributed by atoms with E-state index in [-0.39, 0.29) is 28.5 Å². The molecule has 1 aromatic carbocycles. The number of hydrogen-bond donors (Lipinski definition) is 1. The molecule has 114 valence electrons. The minimum Gasteiger partial charge on any atom is -0.483 e. The van der Waals surface area contributed by atoms with Crippen LogP contribution in [0.3, 0.4) is 0 Å². The number of para-hydroxylation sites is 1. The summed E-state index contributed by atoms with van der Waals surface area (Å²) in [6.07, 6.45) is 3.30. The van der Waals surface area contributed by atoms with Gasteiger partial charge in [0.15, 0.2) is 0 Å². The molecule has 0 aliphatic heterocycles. The first kappa shape index (κ1) is 15.3. The number of nitro groups is 1. The monoisotopic (exact) mass is 293 g/mol. The first-order chi connectivity index (χ1) is 9.80. The minimum atomic E-state index is -1.22. The highest BCUT2D eigenvalue weighted by atomic mass is 16.6. The van der Waals surface area contributed by atoms with E-state index in [1.54, 1.807) is 0 Å². The van der Waals surface area contributed by atoms with Gasteiger partial charge in [0.25, 0.3) is 0 Å². The van der Waals surface area contributed by atoms with Gasteiger partial charge in [0, 0.05) is 6.07 Å². The summed E-state index contributed by atoms with van der Waals surface area (Å²) in [5.41, 5.74) is -0.202. The zero-order valence-electron chi connectivity index (χ0n) is 12.2. The maximum Gasteiger partial charge on any atom is 0.339 e. The van der Waals surface area contributed by atoms with Crippen LogP contribution >= 0.6 is 0 Å². The van der Waals surface area contributed by atoms with Crippen molar-refractivity contribution in [2.45, 2.75) is 45.6 Å². The third-order valence-electron chi connectivity index (χ3n) is 3.99. The fraction of sp³-hybridized carbons (Fsp3) is 0.533. The number of carboxylic acid groups (broad SMARTS) is 1. The Kier molecular flexibility index (Phi) is 4.16. The van der Waals surface area contributed by atoms with Crippen LogP contribution in [0.2, 0.25) is 0 Å². The van der Waals surface area contributed by atoms with Crippen LogP contribution < -0.4 is 4.74 Å². The van der Waals surface area contributed by atoms with Crippen molar-refractivity contribution in [3.05, 3.63) is 33.9 Å². The Bertz CT molecular complexity index is 525. The summed E-state index contributed by atoms with van der Waals surface area (Å²) in [5.74, 6) is -1.34. The van der Waals surface area contributed by atoms with Gasteiger partial charge in [-0.3, -0.25) is 10.1 Å². The van der Waals surface area contributed by atoms with Gasteiger partial charge in [-0.2, -0.15) is 0 Å². The molecule has 0 atom stereocenters. The van der Waals surface area contributed by atoms with Gasteiger partial charge < -0.3 is 9.84 Å². The van der Waals surface area contributed by atoms with Crippen LogP contribution in [0, 0.1) is 15.5 Å². The molecule has 0 saturated heterocycles. The number of rotatable bonds is 4. The molecule has 0 unspecified atom stereocenters. The highest BCUT2D eigenvalue weighted by Gasteiger charge is 2.31. The standard InChI is InChI=1S/C15H19NO5/c1-15(2)8-6-10(7-9-15)21-13-11(14(17)18)4-3-5-12(13)16(19)20/h3-5,10H,6-9H2,1-2H3,(H,17,18). The Labute approximate surface area is 122 Å². The van der Waals surface area contributed by atoms with Crippen molar-refractivity contribution < 1.29 is 19.6 Å². The van der Waals surface area contributed by atoms with Crippen LogP contribution in [0.25, 0.3) is 0 Å². The number of hydrogen-bond acceptors (Lipinski definition) is 4. The molecule has 0 aromatic heterocycles. The molecule has 1 aliphatic carbocycles. The number of carboxylic acids is 1. The van der Waals surface area contributed by atoms with E-state index in [0.29, 0.717) is 0 Å². The predicted octanol–water partition coefficient (Wildman–Crippen LogP) is 3.64. The third kappa shape index (κ3) is 3.51. The number of benzene rings is 1. The van der Waals surface area contributed by atoms with Crippen molar-refractivity contribution in [1.29, 1.82) is 0 Å². The molecule has 1 aromatic rings. The lowest BCUT2D eigenvalue weighted by Gasteiger charge is -2.34. The van der Waals surface area contributed by atoms with E-state index in [0.717, 1.165) is 25.7 Å². The van der Waals surface area contributed by atoms with Gasteiger partial charge in [0.2, 0.25) is 5.75 Å². The lowest BCUT2D eigenvalue weighted by atomic mass is 9.76. The summed E-state index contributed by atoms with van der Waals surface area (Å²) >= 11 is 0. The molecule has 2 rings (SSSR count). The second-order valence-electron chi connectivity index (χ2n) is 6.20. The zero-order chi connectivity index (χ0) is 15.6. The van der Waals surface area contributed by atoms with E-state index in [9.17, 15) is 20.0 Å². The lowest BCUT2D eigenvalue weighted by molar-refractivity contribution is -0.386. The van der Waals surface area contributed by atoms with Gasteiger partial charge in [-0.05, 0) is 37.2 Å². The molecule has 0 radical (unpaired) electrons. The van der Waals surface area contributed by atoms with E-state index >= 15 is 0 Å². The molecule has 1 N–H and O–H groups in total. The molecule has 1 fully saturated rings. The van der Waals surface area contributed by atoms with Gasteiger partial charge in [-0.1, -0.05) is 19.9 Å². The summed E-state index contributed by atoms with van der Waals surface area (Å²) in [5, 5.41) is 20.3. The molecule has 0 amide bonds. The van der Waals surface area contributed by atoms with Crippen molar-refractivity contribution >= 4 is 11.7 Å². The summed E-state index contributed by atoms with van der Waals surface area (Å²) in [7, 11) is 0. The first-order valence-electron chi connectivity index (χ1n) is 6.97. The van der Waals surface area contributed by atoms with Crippen molar-refractivity contribution in [3.8, 4) is 5.75 Å². The van der Waals surface area contributed by atoms with Gasteiger partial charge in [0.05, 0.1) is 11.0 Å². The topological polar surface area (TPSA) is 89.7 Å². The molecule has 0 heterocycles. The van der Waals surface area contributed by atoms with Crippen molar-refractivity contribution in [2.75, 3.05) is 0 Å². The van der Waals surface area contributed by atoms with Gasteiger partial charge >= 0.3 is 11.7 Å². The summed E-state index contributed by atoms with van der Waals surface area (Å²) < 4.78 is 5.71. The smallest absolute Gasteiger partial charge is 0.339 e. The van der Waals surface area contributed by atoms with Gasteiger partial charge in [-0.15, -0.1) is 0 Å². The van der Waals surface area contributed by atoms with E-state index in [1.807, 2.05) is 0 Å². The quantitative estimate of drug-likeness (QED) is 0.676. The van der Waals surface area contributed by atoms with E-state index in [2.05, 4.69) is 13.8 Å². The maximum atomic E-state index is 11.2. The summed E-state index contributed by atoms with van der Waals surface area (Å²) in [6.45, 7) is 4.35. The fourth-order valence-electron chi connectivity index (χ4n) is 2.62. The SMILES string of the molecule is CC1(C)CCC(Oc2c(C(=O)O)cccc2[N+](=O)[O-])CC1. The van der Waals surface area contributed by atoms with E-state index in [1.165, 1.54) is 18.2 Å². The summed E-state index contributed by atoms with van der Waals surface area (Å²) in [4.78, 5) is 21.7. The number of ether oxygens (including phenoxy) is 1. The fourth-order valence-corrected chi connectivity index (χ4v) is 2.62. The molecular formula is C15H19NO5. The molecule has 6 heteroatoms. The molecule has 0 bridgehead atoms. The number of nitrogens with zero attached hydrogens (tertiary/aromatic N) is 1. The molecule has 21 heavy (non-hydrogen) atoms. The zero-order valence-corrected chi connectivity index (χ0v) is 12.2. The highest BCUT2D eigenvalue weighted by Crippen LogP contribution is 2.39.